The minimum absolute atomic E-state index is 0.0290. The maximum absolute atomic E-state index is 12.3. The van der Waals surface area contributed by atoms with Gasteiger partial charge < -0.3 is 98.7 Å². The number of hydrogen-bond acceptors (Lipinski definition) is 37. The van der Waals surface area contributed by atoms with E-state index < -0.39 is 18.0 Å². The maximum atomic E-state index is 12.3. The molecule has 0 spiro atoms. The summed E-state index contributed by atoms with van der Waals surface area (Å²) in [5, 5.41) is 72.7. The van der Waals surface area contributed by atoms with Crippen molar-refractivity contribution >= 4 is 137 Å². The minimum atomic E-state index is -0.887. The first-order valence-electron chi connectivity index (χ1n) is 48.0. The van der Waals surface area contributed by atoms with E-state index in [9.17, 15) is 40.2 Å². The molecule has 4 aromatic carbocycles. The Labute approximate surface area is 824 Å². The molecule has 3 atom stereocenters. The van der Waals surface area contributed by atoms with Crippen LogP contribution in [0.1, 0.15) is 51.1 Å². The number of anilines is 10. The van der Waals surface area contributed by atoms with E-state index in [-0.39, 0.29) is 48.2 Å². The highest BCUT2D eigenvalue weighted by Crippen LogP contribution is 2.40. The number of rotatable bonds is 24. The smallest absolute Gasteiger partial charge is 0.326 e. The third kappa shape index (κ3) is 19.6. The topological polar surface area (TPSA) is 477 Å². The second kappa shape index (κ2) is 41.2. The summed E-state index contributed by atoms with van der Waals surface area (Å²) in [4.78, 5) is 118. The van der Waals surface area contributed by atoms with Crippen molar-refractivity contribution in [2.24, 2.45) is 5.92 Å². The number of ether oxygens (including phenoxy) is 2. The molecule has 3 unspecified atom stereocenters. The molecule has 6 fully saturated rings. The molecule has 19 heterocycles. The Bertz CT molecular complexity index is 7520. The molecule has 0 amide bonds. The van der Waals surface area contributed by atoms with Crippen molar-refractivity contribution in [3.63, 3.8) is 0 Å². The Kier molecular flexibility index (Phi) is 26.6. The molecule has 6 aliphatic rings. The number of nitrogens with zero attached hydrogens (tertiary/aromatic N) is 33. The Morgan fingerprint density at radius 3 is 1.45 bits per heavy atom. The first-order valence-corrected chi connectivity index (χ1v) is 48.0. The number of phenolic OH excluding ortho intramolecular Hbond substituents is 2. The van der Waals surface area contributed by atoms with Crippen LogP contribution in [0.25, 0.3) is 89.5 Å². The molecule has 14 aromatic heterocycles. The molecule has 5 aliphatic heterocycles. The van der Waals surface area contributed by atoms with Crippen LogP contribution in [0.15, 0.2) is 220 Å². The van der Waals surface area contributed by atoms with E-state index in [0.29, 0.717) is 139 Å². The van der Waals surface area contributed by atoms with Crippen molar-refractivity contribution in [1.82, 2.24) is 118 Å². The number of phenols is 2. The van der Waals surface area contributed by atoms with Gasteiger partial charge in [-0.2, -0.15) is 50.1 Å². The van der Waals surface area contributed by atoms with Crippen molar-refractivity contribution in [2.45, 2.75) is 57.2 Å². The molecule has 0 radical (unpaired) electrons. The number of imidazole rings is 4. The summed E-state index contributed by atoms with van der Waals surface area (Å²) in [7, 11) is 3.29. The average molecular weight is 1940 g/mol. The van der Waals surface area contributed by atoms with Gasteiger partial charge in [0, 0.05) is 159 Å². The molecule has 44 nitrogen and oxygen atoms in total. The van der Waals surface area contributed by atoms with Crippen LogP contribution in [-0.4, -0.2) is 311 Å². The first kappa shape index (κ1) is 93.0. The number of carbonyl (C=O) groups excluding carboxylic acids is 1. The molecule has 1 saturated carbocycles. The maximum Gasteiger partial charge on any atom is 0.326 e. The van der Waals surface area contributed by atoms with Crippen LogP contribution in [0.2, 0.25) is 0 Å². The van der Waals surface area contributed by atoms with E-state index in [2.05, 4.69) is 94.2 Å². The van der Waals surface area contributed by atoms with E-state index in [1.165, 1.54) is 19.5 Å². The minimum Gasteiger partial charge on any atom is -0.508 e. The predicted octanol–water partition coefficient (Wildman–Crippen LogP) is 9.85. The molecular formula is C100H106N34O10. The predicted molar refractivity (Wildman–Crippen MR) is 543 cm³/mol. The summed E-state index contributed by atoms with van der Waals surface area (Å²) in [6, 6.07) is 44.4. The number of likely N-dealkylation sites (N-methyl/N-ethyl adjacent to an activating group) is 1. The van der Waals surface area contributed by atoms with Crippen LogP contribution in [0, 0.1) is 5.92 Å². The van der Waals surface area contributed by atoms with Crippen molar-refractivity contribution in [1.29, 1.82) is 0 Å². The number of pyridine rings is 4. The van der Waals surface area contributed by atoms with Crippen LogP contribution >= 0.6 is 0 Å². The van der Waals surface area contributed by atoms with Gasteiger partial charge in [-0.05, 0) is 134 Å². The van der Waals surface area contributed by atoms with Crippen LogP contribution in [0.3, 0.4) is 0 Å². The molecule has 144 heavy (non-hydrogen) atoms. The van der Waals surface area contributed by atoms with Crippen LogP contribution in [0.5, 0.6) is 23.0 Å². The Balaban J connectivity index is 0.000000113. The number of esters is 1. The van der Waals surface area contributed by atoms with Crippen LogP contribution < -0.4 is 49.4 Å². The van der Waals surface area contributed by atoms with Crippen molar-refractivity contribution in [3.8, 4) is 46.0 Å². The second-order valence-electron chi connectivity index (χ2n) is 35.8. The molecule has 24 rings (SSSR count). The fraction of sp³-hybridized carbons (Fsp3) is 0.320. The fourth-order valence-corrected chi connectivity index (χ4v) is 18.7. The quantitative estimate of drug-likeness (QED) is 0.0276. The molecule has 7 N–H and O–H groups in total. The third-order valence-corrected chi connectivity index (χ3v) is 26.9. The number of aliphatic hydroxyl groups excluding tert-OH is 1. The molecular weight excluding hydrogens is 1840 g/mol. The van der Waals surface area contributed by atoms with Gasteiger partial charge in [-0.3, -0.25) is 23.9 Å². The normalized spacial score (nSPS) is 16.0. The number of nitrogens with one attached hydrogen (secondary N) is 1. The number of fused-ring (bicyclic) bond motifs is 6. The third-order valence-electron chi connectivity index (χ3n) is 26.9. The largest absolute Gasteiger partial charge is 0.508 e. The standard InChI is InChI=1S/C27H27N9O3.C25H25N9O2.C25H30N8O2.C23H24N8O3/c37-19-7-8-22(28-15-19)33-9-11-34(12-10-33)27-31-24-23(29-16-35(24)21(26(38)39)13-17-5-6-17)25(32-27)36-20-4-2-1-3-18(20)14-30-36;35-19-5-6-21(26-14-19)31-8-10-32(11-9-31)25-29-23-22(27-16-33(23)18-7-12-36-15-18)24(30-25)34-20-4-2-1-3-17(20)13-28-34;1-3-18(16-34)30(2)23-22-24(33(17-27-22)20-5-4-10-26-15-20)29-25(28-23)32-13-11-31(12-14-32)19-6-8-21(35)9-7-19;1-34-19(33)14-25-21-20-22(31(15-26-20)17-6-8-24-9-7-17)28-23(27-21)30-12-10-29(11-13-30)16-2-4-18(32)5-3-16/h1-4,7-8,14-17,21,37H,5-6,9-13H2,(H,38,39);1-6,13-14,16,18,35H,7-12,15H2;4-10,15,17-18,34-35H,3,11-14,16H2,1-2H3;2-9,15,32H,10-14H2,1H3,(H,25,27,28). The van der Waals surface area contributed by atoms with Crippen molar-refractivity contribution < 1.29 is 49.7 Å². The number of piperazine rings is 4. The number of aromatic nitrogens is 24. The van der Waals surface area contributed by atoms with E-state index >= 15 is 0 Å². The van der Waals surface area contributed by atoms with Crippen molar-refractivity contribution in [2.75, 3.05) is 195 Å². The number of hydrogen-bond donors (Lipinski definition) is 7. The molecule has 18 aromatic rings. The number of aromatic hydroxyl groups is 4. The Morgan fingerprint density at radius 1 is 0.458 bits per heavy atom. The summed E-state index contributed by atoms with van der Waals surface area (Å²) < 4.78 is 21.6. The number of carbonyl (C=O) groups is 2. The number of methoxy groups -OCH3 is 1. The molecule has 0 bridgehead atoms. The van der Waals surface area contributed by atoms with Gasteiger partial charge in [-0.15, -0.1) is 0 Å². The van der Waals surface area contributed by atoms with Gasteiger partial charge in [0.2, 0.25) is 23.8 Å². The lowest BCUT2D eigenvalue weighted by atomic mass is 10.1. The lowest BCUT2D eigenvalue weighted by molar-refractivity contribution is -0.141. The number of para-hydroxylation sites is 2. The molecule has 736 valence electrons. The number of aliphatic hydroxyl groups is 1. The summed E-state index contributed by atoms with van der Waals surface area (Å²) in [6.07, 6.45) is 24.8. The summed E-state index contributed by atoms with van der Waals surface area (Å²) in [5.74, 6) is 6.35. The van der Waals surface area contributed by atoms with E-state index in [1.807, 2.05) is 148 Å². The average Bonchev–Trinajstić information content (AvgIpc) is 1.60. The Hall–Kier alpha value is -17.3. The van der Waals surface area contributed by atoms with Gasteiger partial charge in [0.1, 0.15) is 59.9 Å². The Morgan fingerprint density at radius 2 is 0.944 bits per heavy atom. The van der Waals surface area contributed by atoms with E-state index in [0.717, 1.165) is 165 Å². The van der Waals surface area contributed by atoms with Crippen LogP contribution in [-0.2, 0) is 19.1 Å². The van der Waals surface area contributed by atoms with Gasteiger partial charge in [-0.25, -0.2) is 44.1 Å². The highest BCUT2D eigenvalue weighted by Gasteiger charge is 2.36. The van der Waals surface area contributed by atoms with Gasteiger partial charge in [0.05, 0.1) is 98.5 Å². The zero-order valence-electron chi connectivity index (χ0n) is 79.3. The first-order chi connectivity index (χ1) is 70.5. The highest BCUT2D eigenvalue weighted by molar-refractivity contribution is 5.91. The summed E-state index contributed by atoms with van der Waals surface area (Å²) >= 11 is 0. The zero-order valence-corrected chi connectivity index (χ0v) is 79.3. The fourth-order valence-electron chi connectivity index (χ4n) is 18.7. The van der Waals surface area contributed by atoms with E-state index in [4.69, 9.17) is 54.3 Å². The van der Waals surface area contributed by atoms with Gasteiger partial charge in [0.25, 0.3) is 0 Å². The van der Waals surface area contributed by atoms with Crippen LogP contribution in [0.4, 0.5) is 58.4 Å². The van der Waals surface area contributed by atoms with E-state index in [1.54, 1.807) is 102 Å². The number of carboxylic acid groups (broad SMARTS) is 1. The van der Waals surface area contributed by atoms with Gasteiger partial charge in [0.15, 0.2) is 67.9 Å². The molecule has 5 saturated heterocycles. The zero-order chi connectivity index (χ0) is 98.4. The van der Waals surface area contributed by atoms with Gasteiger partial charge in [-0.1, -0.05) is 56.2 Å². The number of aliphatic carboxylic acids is 1. The van der Waals surface area contributed by atoms with Crippen molar-refractivity contribution in [3.05, 3.63) is 220 Å². The summed E-state index contributed by atoms with van der Waals surface area (Å²) in [6.45, 7) is 15.3. The summed E-state index contributed by atoms with van der Waals surface area (Å²) in [5.41, 5.74) is 10.9. The lowest BCUT2D eigenvalue weighted by Crippen LogP contribution is -2.47. The highest BCUT2D eigenvalue weighted by atomic mass is 16.5. The molecule has 1 aliphatic carbocycles. The molecule has 44 heteroatoms. The number of carboxylic acids is 1. The second-order valence-corrected chi connectivity index (χ2v) is 35.8. The number of benzene rings is 4. The monoisotopic (exact) mass is 1940 g/mol. The van der Waals surface area contributed by atoms with Gasteiger partial charge >= 0.3 is 11.9 Å². The SMILES string of the molecule is CCC(CO)N(C)c1nc(N2CCN(c3ccc(O)cc3)CC2)nc2c1ncn2-c1cccnc1.COC(=O)CNc1nc(N2CCN(c3ccc(O)cc3)CC2)nc2c1ncn2-c1ccncc1.O=C(O)C(CC1CC1)n1cnc2c(-n3ncc4ccccc43)nc(N3CCN(c4ccc(O)cn4)CC3)nc21.Oc1ccc(N2CCN(c3nc(-n4ncc5ccccc54)c4ncn(C5CCOC5)c4n3)CC2)nc1. The lowest BCUT2D eigenvalue weighted by Gasteiger charge is -2.36.